The van der Waals surface area contributed by atoms with Crippen molar-refractivity contribution >= 4 is 38.9 Å². The number of halogens is 2. The van der Waals surface area contributed by atoms with Crippen LogP contribution in [0.3, 0.4) is 0 Å². The monoisotopic (exact) mass is 358 g/mol. The third-order valence-corrected chi connectivity index (χ3v) is 5.56. The highest BCUT2D eigenvalue weighted by atomic mass is 79.9. The first kappa shape index (κ1) is 13.3. The van der Waals surface area contributed by atoms with Gasteiger partial charge in [-0.3, -0.25) is 0 Å². The number of hydrogen-bond acceptors (Lipinski definition) is 3. The Labute approximate surface area is 129 Å². The van der Waals surface area contributed by atoms with Gasteiger partial charge in [-0.05, 0) is 46.6 Å². The van der Waals surface area contributed by atoms with Gasteiger partial charge in [0, 0.05) is 14.2 Å². The fraction of sp³-hybridized carbons (Fsp3) is 0.286. The van der Waals surface area contributed by atoms with Crippen LogP contribution in [0.1, 0.15) is 20.7 Å². The van der Waals surface area contributed by atoms with Crippen molar-refractivity contribution in [3.63, 3.8) is 0 Å². The molecule has 0 saturated carbocycles. The van der Waals surface area contributed by atoms with Crippen LogP contribution in [0.4, 0.5) is 0 Å². The Morgan fingerprint density at radius 1 is 1.21 bits per heavy atom. The maximum absolute atomic E-state index is 6.58. The second kappa shape index (κ2) is 5.35. The summed E-state index contributed by atoms with van der Waals surface area (Å²) in [4.78, 5) is 2.36. The third kappa shape index (κ3) is 2.62. The molecule has 1 aromatic carbocycles. The number of ether oxygens (including phenoxy) is 2. The van der Waals surface area contributed by atoms with Gasteiger partial charge in [0.1, 0.15) is 13.2 Å². The molecule has 100 valence electrons. The Morgan fingerprint density at radius 2 is 1.95 bits per heavy atom. The molecule has 2 aromatic rings. The summed E-state index contributed by atoms with van der Waals surface area (Å²) in [5.74, 6) is 1.57. The van der Waals surface area contributed by atoms with Gasteiger partial charge in [0.2, 0.25) is 0 Å². The van der Waals surface area contributed by atoms with Crippen LogP contribution in [-0.4, -0.2) is 13.2 Å². The zero-order chi connectivity index (χ0) is 13.4. The molecule has 0 N–H and O–H groups in total. The average molecular weight is 360 g/mol. The van der Waals surface area contributed by atoms with Gasteiger partial charge in [-0.2, -0.15) is 0 Å². The zero-order valence-electron chi connectivity index (χ0n) is 10.3. The number of benzene rings is 1. The highest BCUT2D eigenvalue weighted by Gasteiger charge is 2.20. The molecule has 1 atom stereocenters. The molecule has 2 heterocycles. The van der Waals surface area contributed by atoms with Crippen LogP contribution < -0.4 is 9.47 Å². The lowest BCUT2D eigenvalue weighted by molar-refractivity contribution is 0.171. The van der Waals surface area contributed by atoms with E-state index in [9.17, 15) is 0 Å². The first-order chi connectivity index (χ1) is 9.15. The van der Waals surface area contributed by atoms with E-state index in [0.29, 0.717) is 13.2 Å². The summed E-state index contributed by atoms with van der Waals surface area (Å²) in [6, 6.07) is 7.97. The molecule has 3 rings (SSSR count). The van der Waals surface area contributed by atoms with Gasteiger partial charge in [0.15, 0.2) is 11.5 Å². The molecule has 0 bridgehead atoms. The van der Waals surface area contributed by atoms with Crippen LogP contribution in [0.5, 0.6) is 11.5 Å². The summed E-state index contributed by atoms with van der Waals surface area (Å²) in [6.07, 6.45) is 0. The summed E-state index contributed by atoms with van der Waals surface area (Å²) in [6.45, 7) is 3.27. The minimum Gasteiger partial charge on any atom is -0.486 e. The van der Waals surface area contributed by atoms with E-state index in [1.807, 2.05) is 18.2 Å². The number of rotatable bonds is 2. The molecule has 5 heteroatoms. The predicted molar refractivity (Wildman–Crippen MR) is 81.9 cm³/mol. The molecular formula is C14H12BrClO2S. The van der Waals surface area contributed by atoms with E-state index in [1.165, 1.54) is 4.88 Å². The average Bonchev–Trinajstić information content (AvgIpc) is 2.76. The summed E-state index contributed by atoms with van der Waals surface area (Å²) in [5, 5.41) is -0.177. The summed E-state index contributed by atoms with van der Waals surface area (Å²) in [7, 11) is 0. The number of thiophene rings is 1. The molecule has 1 aromatic heterocycles. The van der Waals surface area contributed by atoms with Gasteiger partial charge in [0.05, 0.1) is 5.38 Å². The zero-order valence-corrected chi connectivity index (χ0v) is 13.4. The van der Waals surface area contributed by atoms with Crippen molar-refractivity contribution in [3.8, 4) is 11.5 Å². The maximum Gasteiger partial charge on any atom is 0.161 e. The summed E-state index contributed by atoms with van der Waals surface area (Å²) in [5.41, 5.74) is 1.02. The molecule has 0 amide bonds. The van der Waals surface area contributed by atoms with Gasteiger partial charge in [-0.25, -0.2) is 0 Å². The summed E-state index contributed by atoms with van der Waals surface area (Å²) < 4.78 is 12.2. The van der Waals surface area contributed by atoms with E-state index in [-0.39, 0.29) is 5.38 Å². The van der Waals surface area contributed by atoms with Gasteiger partial charge in [0.25, 0.3) is 0 Å². The van der Waals surface area contributed by atoms with Crippen molar-refractivity contribution < 1.29 is 9.47 Å². The van der Waals surface area contributed by atoms with Crippen LogP contribution >= 0.6 is 38.9 Å². The Bertz CT molecular complexity index is 611. The van der Waals surface area contributed by atoms with E-state index in [4.69, 9.17) is 21.1 Å². The maximum atomic E-state index is 6.58. The molecule has 1 aliphatic heterocycles. The van der Waals surface area contributed by atoms with Crippen molar-refractivity contribution in [3.05, 3.63) is 44.1 Å². The van der Waals surface area contributed by atoms with Gasteiger partial charge < -0.3 is 9.47 Å². The first-order valence-electron chi connectivity index (χ1n) is 5.94. The van der Waals surface area contributed by atoms with E-state index in [0.717, 1.165) is 26.4 Å². The van der Waals surface area contributed by atoms with Crippen LogP contribution in [0, 0.1) is 6.92 Å². The van der Waals surface area contributed by atoms with Crippen molar-refractivity contribution in [2.24, 2.45) is 0 Å². The molecule has 0 fully saturated rings. The molecule has 19 heavy (non-hydrogen) atoms. The van der Waals surface area contributed by atoms with Crippen LogP contribution in [0.25, 0.3) is 0 Å². The normalized spacial score (nSPS) is 15.3. The van der Waals surface area contributed by atoms with Crippen LogP contribution in [0.15, 0.2) is 28.7 Å². The smallest absolute Gasteiger partial charge is 0.161 e. The van der Waals surface area contributed by atoms with Crippen LogP contribution in [-0.2, 0) is 0 Å². The van der Waals surface area contributed by atoms with Crippen molar-refractivity contribution in [1.82, 2.24) is 0 Å². The minimum absolute atomic E-state index is 0.177. The van der Waals surface area contributed by atoms with E-state index in [2.05, 4.69) is 28.9 Å². The van der Waals surface area contributed by atoms with Crippen molar-refractivity contribution in [2.75, 3.05) is 13.2 Å². The molecule has 0 spiro atoms. The molecular weight excluding hydrogens is 348 g/mol. The largest absolute Gasteiger partial charge is 0.486 e. The molecule has 0 aliphatic carbocycles. The second-order valence-electron chi connectivity index (χ2n) is 4.33. The fourth-order valence-corrected chi connectivity index (χ4v) is 4.45. The molecule has 0 saturated heterocycles. The lowest BCUT2D eigenvalue weighted by atomic mass is 10.1. The first-order valence-corrected chi connectivity index (χ1v) is 7.99. The standard InChI is InChI=1S/C14H12BrClO2S/c1-8-6-10(15)14(19-8)13(16)9-2-3-11-12(7-9)18-5-4-17-11/h2-3,6-7,13H,4-5H2,1H3. The van der Waals surface area contributed by atoms with E-state index >= 15 is 0 Å². The fourth-order valence-electron chi connectivity index (χ4n) is 2.04. The lowest BCUT2D eigenvalue weighted by Crippen LogP contribution is -2.15. The Balaban J connectivity index is 1.95. The van der Waals surface area contributed by atoms with E-state index in [1.54, 1.807) is 11.3 Å². The molecule has 1 unspecified atom stereocenters. The topological polar surface area (TPSA) is 18.5 Å². The number of fused-ring (bicyclic) bond motifs is 1. The Hall–Kier alpha value is -0.710. The second-order valence-corrected chi connectivity index (χ2v) is 6.91. The SMILES string of the molecule is Cc1cc(Br)c(C(Cl)c2ccc3c(c2)OCCO3)s1. The highest BCUT2D eigenvalue weighted by molar-refractivity contribution is 9.10. The van der Waals surface area contributed by atoms with Gasteiger partial charge in [-0.15, -0.1) is 22.9 Å². The van der Waals surface area contributed by atoms with Crippen LogP contribution in [0.2, 0.25) is 0 Å². The van der Waals surface area contributed by atoms with Crippen molar-refractivity contribution in [2.45, 2.75) is 12.3 Å². The molecule has 2 nitrogen and oxygen atoms in total. The quantitative estimate of drug-likeness (QED) is 0.709. The van der Waals surface area contributed by atoms with E-state index < -0.39 is 0 Å². The minimum atomic E-state index is -0.177. The number of aryl methyl sites for hydroxylation is 1. The predicted octanol–water partition coefficient (Wildman–Crippen LogP) is 4.92. The summed E-state index contributed by atoms with van der Waals surface area (Å²) >= 11 is 11.8. The third-order valence-electron chi connectivity index (χ3n) is 2.93. The Morgan fingerprint density at radius 3 is 2.63 bits per heavy atom. The van der Waals surface area contributed by atoms with Gasteiger partial charge >= 0.3 is 0 Å². The Kier molecular flexibility index (Phi) is 3.74. The number of hydrogen-bond donors (Lipinski definition) is 0. The molecule has 0 radical (unpaired) electrons. The number of alkyl halides is 1. The lowest BCUT2D eigenvalue weighted by Gasteiger charge is -2.20. The molecule has 1 aliphatic rings. The van der Waals surface area contributed by atoms with Gasteiger partial charge in [-0.1, -0.05) is 6.07 Å². The van der Waals surface area contributed by atoms with Crippen molar-refractivity contribution in [1.29, 1.82) is 0 Å². The highest BCUT2D eigenvalue weighted by Crippen LogP contribution is 2.42.